The molecule has 0 radical (unpaired) electrons. The molecule has 0 aromatic heterocycles. The third kappa shape index (κ3) is 5.69. The van der Waals surface area contributed by atoms with Gasteiger partial charge in [0.1, 0.15) is 10.6 Å². The molecule has 1 fully saturated rings. The van der Waals surface area contributed by atoms with Gasteiger partial charge in [0.2, 0.25) is 5.91 Å². The second kappa shape index (κ2) is 11.7. The maximum Gasteiger partial charge on any atom is 0.435 e. The maximum absolute atomic E-state index is 15.0. The fourth-order valence-corrected chi connectivity index (χ4v) is 10.2. The highest BCUT2D eigenvalue weighted by Crippen LogP contribution is 2.56. The minimum absolute atomic E-state index is 0.117. The van der Waals surface area contributed by atoms with E-state index in [0.717, 1.165) is 29.2 Å². The van der Waals surface area contributed by atoms with Gasteiger partial charge in [-0.25, -0.2) is 25.6 Å². The highest BCUT2D eigenvalue weighted by Gasteiger charge is 2.73. The summed E-state index contributed by atoms with van der Waals surface area (Å²) < 4.78 is 162. The minimum Gasteiger partial charge on any atom is -0.338 e. The number of halogens is 9. The van der Waals surface area contributed by atoms with Crippen molar-refractivity contribution in [2.75, 3.05) is 12.3 Å². The smallest absolute Gasteiger partial charge is 0.338 e. The number of carbonyl (C=O) groups excluding carboxylic acids is 1. The molecule has 1 aliphatic heterocycles. The number of hydrogen-bond donors (Lipinski definition) is 0. The van der Waals surface area contributed by atoms with Gasteiger partial charge in [-0.3, -0.25) is 4.79 Å². The van der Waals surface area contributed by atoms with Crippen molar-refractivity contribution in [1.29, 1.82) is 0 Å². The standard InChI is InChI=1S/C30H24ClF8NO5S2/c31-20-3-7-22(8-4-20)46(42,43)16-13-26(41)40-15-14-27(47(44,45)23-9-5-21(32)6-10-23)24-11-2-19(17-18(24)1-12-25(27)40)28(33,29(34,35)36)30(37,38)39/h2-11,17,25H,1,12-16H2/t25-,27-/m1/s1. The van der Waals surface area contributed by atoms with Crippen LogP contribution in [0.15, 0.2) is 76.5 Å². The maximum atomic E-state index is 15.0. The molecule has 0 unspecified atom stereocenters. The van der Waals surface area contributed by atoms with Crippen LogP contribution in [-0.2, 0) is 41.3 Å². The molecule has 2 aliphatic rings. The molecule has 0 bridgehead atoms. The number of carbonyl (C=O) groups is 1. The van der Waals surface area contributed by atoms with Crippen LogP contribution in [0, 0.1) is 5.82 Å². The molecule has 5 rings (SSSR count). The van der Waals surface area contributed by atoms with Crippen molar-refractivity contribution in [3.63, 3.8) is 0 Å². The molecule has 254 valence electrons. The van der Waals surface area contributed by atoms with Crippen molar-refractivity contribution in [2.24, 2.45) is 0 Å². The van der Waals surface area contributed by atoms with Gasteiger partial charge in [-0.15, -0.1) is 0 Å². The number of hydrogen-bond acceptors (Lipinski definition) is 5. The largest absolute Gasteiger partial charge is 0.435 e. The lowest BCUT2D eigenvalue weighted by Crippen LogP contribution is -2.53. The summed E-state index contributed by atoms with van der Waals surface area (Å²) in [6.07, 6.45) is -14.4. The first kappa shape index (κ1) is 35.1. The SMILES string of the molecule is O=C(CCS(=O)(=O)c1ccc(Cl)cc1)N1CC[C@@]2(S(=O)(=O)c3ccc(F)cc3)c3ccc(C(F)(C(F)(F)F)C(F)(F)F)cc3CC[C@@H]12. The molecule has 3 aromatic carbocycles. The van der Waals surface area contributed by atoms with Crippen molar-refractivity contribution in [2.45, 2.75) is 64.3 Å². The van der Waals surface area contributed by atoms with E-state index in [0.29, 0.717) is 12.1 Å². The minimum atomic E-state index is -6.41. The van der Waals surface area contributed by atoms with Crippen molar-refractivity contribution < 1.29 is 56.8 Å². The highest BCUT2D eigenvalue weighted by atomic mass is 35.5. The molecule has 0 spiro atoms. The Bertz CT molecular complexity index is 1900. The van der Waals surface area contributed by atoms with Crippen molar-refractivity contribution in [1.82, 2.24) is 4.90 Å². The zero-order valence-corrected chi connectivity index (χ0v) is 26.3. The molecule has 47 heavy (non-hydrogen) atoms. The van der Waals surface area contributed by atoms with Gasteiger partial charge in [-0.2, -0.15) is 26.3 Å². The van der Waals surface area contributed by atoms with Crippen LogP contribution in [0.2, 0.25) is 5.02 Å². The number of benzene rings is 3. The van der Waals surface area contributed by atoms with Crippen molar-refractivity contribution >= 4 is 37.2 Å². The first-order valence-corrected chi connectivity index (χ1v) is 17.4. The van der Waals surface area contributed by atoms with E-state index in [1.807, 2.05) is 0 Å². The summed E-state index contributed by atoms with van der Waals surface area (Å²) in [4.78, 5) is 14.1. The van der Waals surface area contributed by atoms with E-state index in [2.05, 4.69) is 0 Å². The number of nitrogens with zero attached hydrogens (tertiary/aromatic N) is 1. The Labute approximate surface area is 269 Å². The van der Waals surface area contributed by atoms with Crippen LogP contribution in [0.4, 0.5) is 35.1 Å². The molecule has 1 saturated heterocycles. The third-order valence-electron chi connectivity index (χ3n) is 8.75. The fourth-order valence-electron chi connectivity index (χ4n) is 6.48. The molecule has 1 heterocycles. The fraction of sp³-hybridized carbons (Fsp3) is 0.367. The monoisotopic (exact) mass is 729 g/mol. The Morgan fingerprint density at radius 2 is 1.43 bits per heavy atom. The average molecular weight is 730 g/mol. The molecule has 2 atom stereocenters. The van der Waals surface area contributed by atoms with Crippen molar-refractivity contribution in [3.8, 4) is 0 Å². The lowest BCUT2D eigenvalue weighted by molar-refractivity contribution is -0.348. The Morgan fingerprint density at radius 1 is 0.851 bits per heavy atom. The molecule has 1 amide bonds. The third-order valence-corrected chi connectivity index (χ3v) is 13.3. The van der Waals surface area contributed by atoms with Gasteiger partial charge >= 0.3 is 18.0 Å². The normalized spacial score (nSPS) is 20.5. The molecule has 6 nitrogen and oxygen atoms in total. The number of amides is 1. The van der Waals surface area contributed by atoms with E-state index in [1.54, 1.807) is 0 Å². The zero-order chi connectivity index (χ0) is 34.8. The predicted molar refractivity (Wildman–Crippen MR) is 153 cm³/mol. The van der Waals surface area contributed by atoms with Crippen LogP contribution < -0.4 is 0 Å². The Balaban J connectivity index is 1.58. The average Bonchev–Trinajstić information content (AvgIpc) is 3.40. The molecule has 3 aromatic rings. The summed E-state index contributed by atoms with van der Waals surface area (Å²) in [6.45, 7) is -0.274. The van der Waals surface area contributed by atoms with Crippen LogP contribution in [0.3, 0.4) is 0 Å². The Morgan fingerprint density at radius 3 is 2.00 bits per heavy atom. The van der Waals surface area contributed by atoms with E-state index < -0.39 is 89.3 Å². The van der Waals surface area contributed by atoms with Gasteiger partial charge in [0.15, 0.2) is 19.7 Å². The number of sulfone groups is 2. The number of aryl methyl sites for hydroxylation is 1. The topological polar surface area (TPSA) is 88.6 Å². The Hall–Kier alpha value is -3.24. The van der Waals surface area contributed by atoms with E-state index in [9.17, 15) is 56.8 Å². The summed E-state index contributed by atoms with van der Waals surface area (Å²) in [5, 5.41) is 0.273. The van der Waals surface area contributed by atoms with Gasteiger partial charge in [-0.05, 0) is 78.9 Å². The molecule has 0 saturated carbocycles. The summed E-state index contributed by atoms with van der Waals surface area (Å²) in [5.41, 5.74) is -8.10. The molecule has 17 heteroatoms. The van der Waals surface area contributed by atoms with Gasteiger partial charge in [0, 0.05) is 23.6 Å². The number of fused-ring (bicyclic) bond motifs is 3. The van der Waals surface area contributed by atoms with Crippen LogP contribution in [-0.4, -0.2) is 58.3 Å². The van der Waals surface area contributed by atoms with Crippen LogP contribution in [0.25, 0.3) is 0 Å². The van der Waals surface area contributed by atoms with E-state index in [-0.39, 0.29) is 46.5 Å². The lowest BCUT2D eigenvalue weighted by atomic mass is 9.76. The molecule has 1 aliphatic carbocycles. The Kier molecular flexibility index (Phi) is 8.75. The summed E-state index contributed by atoms with van der Waals surface area (Å²) in [7, 11) is -8.67. The van der Waals surface area contributed by atoms with E-state index in [4.69, 9.17) is 11.6 Å². The summed E-state index contributed by atoms with van der Waals surface area (Å²) in [6, 6.07) is 8.74. The summed E-state index contributed by atoms with van der Waals surface area (Å²) in [5.74, 6) is -2.22. The van der Waals surface area contributed by atoms with Crippen LogP contribution >= 0.6 is 11.6 Å². The second-order valence-electron chi connectivity index (χ2n) is 11.3. The van der Waals surface area contributed by atoms with Gasteiger partial charge in [-0.1, -0.05) is 29.8 Å². The van der Waals surface area contributed by atoms with Crippen molar-refractivity contribution in [3.05, 3.63) is 94.3 Å². The number of alkyl halides is 7. The number of rotatable bonds is 7. The molecular formula is C30H24ClF8NO5S2. The predicted octanol–water partition coefficient (Wildman–Crippen LogP) is 6.85. The van der Waals surface area contributed by atoms with E-state index >= 15 is 0 Å². The quantitative estimate of drug-likeness (QED) is 0.196. The summed E-state index contributed by atoms with van der Waals surface area (Å²) >= 11 is 5.81. The van der Waals surface area contributed by atoms with Crippen LogP contribution in [0.1, 0.15) is 36.0 Å². The first-order valence-electron chi connectivity index (χ1n) is 13.9. The van der Waals surface area contributed by atoms with Gasteiger partial charge in [0.05, 0.1) is 21.6 Å². The highest BCUT2D eigenvalue weighted by molar-refractivity contribution is 7.92. The van der Waals surface area contributed by atoms with Gasteiger partial charge in [0.25, 0.3) is 0 Å². The second-order valence-corrected chi connectivity index (χ2v) is 16.0. The van der Waals surface area contributed by atoms with Gasteiger partial charge < -0.3 is 4.90 Å². The lowest BCUT2D eigenvalue weighted by Gasteiger charge is -2.43. The molecule has 0 N–H and O–H groups in total. The molecular weight excluding hydrogens is 706 g/mol. The first-order chi connectivity index (χ1) is 21.7. The van der Waals surface area contributed by atoms with Crippen LogP contribution in [0.5, 0.6) is 0 Å². The number of likely N-dealkylation sites (tertiary alicyclic amines) is 1. The zero-order valence-electron chi connectivity index (χ0n) is 23.9. The van der Waals surface area contributed by atoms with E-state index in [1.165, 1.54) is 24.3 Å².